The molecule has 2 heterocycles. The molecule has 0 aliphatic carbocycles. The molecule has 0 radical (unpaired) electrons. The summed E-state index contributed by atoms with van der Waals surface area (Å²) in [6, 6.07) is 5.17. The molecule has 0 spiro atoms. The van der Waals surface area contributed by atoms with Crippen molar-refractivity contribution in [2.45, 2.75) is 32.6 Å². The number of alkyl halides is 3. The second-order valence-electron chi connectivity index (χ2n) is 6.83. The van der Waals surface area contributed by atoms with Gasteiger partial charge in [0.15, 0.2) is 0 Å². The smallest absolute Gasteiger partial charge is 0.363 e. The molecule has 1 aliphatic heterocycles. The Kier molecular flexibility index (Phi) is 7.98. The van der Waals surface area contributed by atoms with E-state index < -0.39 is 11.7 Å². The molecule has 0 saturated heterocycles. The number of halogens is 5. The number of hydrogen-bond donors (Lipinski definition) is 0. The van der Waals surface area contributed by atoms with Crippen molar-refractivity contribution in [3.8, 4) is 0 Å². The van der Waals surface area contributed by atoms with Crippen molar-refractivity contribution in [3.05, 3.63) is 63.8 Å². The van der Waals surface area contributed by atoms with Crippen LogP contribution in [0.3, 0.4) is 0 Å². The lowest BCUT2D eigenvalue weighted by atomic mass is 10.1. The van der Waals surface area contributed by atoms with Crippen LogP contribution in [-0.4, -0.2) is 38.4 Å². The van der Waals surface area contributed by atoms with E-state index in [1.807, 2.05) is 9.47 Å². The van der Waals surface area contributed by atoms with Crippen molar-refractivity contribution in [2.75, 3.05) is 6.54 Å². The molecule has 1 aromatic heterocycles. The minimum absolute atomic E-state index is 0.182. The molecule has 0 N–H and O–H groups in total. The molecule has 1 amide bonds. The van der Waals surface area contributed by atoms with E-state index >= 15 is 0 Å². The number of benzene rings is 1. The Morgan fingerprint density at radius 2 is 2.10 bits per heavy atom. The molecule has 1 aliphatic rings. The number of carbonyl (C=O) groups excluding carboxylic acids is 1. The maximum absolute atomic E-state index is 12.8. The number of carbonyl (C=O) groups is 1. The fraction of sp³-hybridized carbons (Fsp3) is 0.316. The van der Waals surface area contributed by atoms with Gasteiger partial charge in [-0.15, -0.1) is 0 Å². The highest BCUT2D eigenvalue weighted by Crippen LogP contribution is 2.30. The number of nitrogens with zero attached hydrogens (tertiary/aromatic N) is 5. The van der Waals surface area contributed by atoms with Crippen molar-refractivity contribution in [1.29, 1.82) is 0 Å². The van der Waals surface area contributed by atoms with Gasteiger partial charge in [-0.1, -0.05) is 23.7 Å². The van der Waals surface area contributed by atoms with Gasteiger partial charge in [0.2, 0.25) is 6.41 Å². The summed E-state index contributed by atoms with van der Waals surface area (Å²) < 4.78 is 41.5. The minimum atomic E-state index is -4.34. The first kappa shape index (κ1) is 24.0. The molecule has 12 heteroatoms. The number of imidazole rings is 1. The van der Waals surface area contributed by atoms with Crippen LogP contribution in [0, 0.1) is 0 Å². The van der Waals surface area contributed by atoms with Crippen LogP contribution in [0.15, 0.2) is 46.4 Å². The topological polar surface area (TPSA) is 53.7 Å². The maximum Gasteiger partial charge on any atom is 0.416 e. The third-order valence-electron chi connectivity index (χ3n) is 4.81. The van der Waals surface area contributed by atoms with Gasteiger partial charge in [0.25, 0.3) is 0 Å². The lowest BCUT2D eigenvalue weighted by Gasteiger charge is -2.30. The lowest BCUT2D eigenvalue weighted by Crippen LogP contribution is -2.32. The van der Waals surface area contributed by atoms with Crippen LogP contribution >= 0.6 is 40.0 Å². The number of rotatable bonds is 7. The third kappa shape index (κ3) is 5.98. The standard InChI is InChI=1S/C19H19ClF3IN5OP/c1-13(20)18(8-26-29(12-30)31-24)27-7-6-17-16(10-27)25-11-28(17)9-14-2-4-15(5-3-14)19(21,22)23/h2-5,8,11-12,31H,6-7,9-10H2,1H3/b18-13-,26-8-. The average Bonchev–Trinajstić information content (AvgIpc) is 3.12. The number of fused-ring (bicyclic) bond motifs is 1. The predicted molar refractivity (Wildman–Crippen MR) is 124 cm³/mol. The predicted octanol–water partition coefficient (Wildman–Crippen LogP) is 5.17. The van der Waals surface area contributed by atoms with Crippen molar-refractivity contribution < 1.29 is 18.0 Å². The van der Waals surface area contributed by atoms with E-state index in [4.69, 9.17) is 11.6 Å². The van der Waals surface area contributed by atoms with Gasteiger partial charge < -0.3 is 9.47 Å². The molecule has 2 aromatic rings. The largest absolute Gasteiger partial charge is 0.416 e. The van der Waals surface area contributed by atoms with E-state index in [1.165, 1.54) is 16.9 Å². The highest BCUT2D eigenvalue weighted by Gasteiger charge is 2.30. The number of hydrazone groups is 1. The van der Waals surface area contributed by atoms with Crippen molar-refractivity contribution in [2.24, 2.45) is 5.10 Å². The van der Waals surface area contributed by atoms with E-state index in [2.05, 4.69) is 32.1 Å². The van der Waals surface area contributed by atoms with E-state index in [0.717, 1.165) is 29.1 Å². The van der Waals surface area contributed by atoms with Crippen LogP contribution in [0.2, 0.25) is 0 Å². The van der Waals surface area contributed by atoms with E-state index in [0.29, 0.717) is 43.2 Å². The van der Waals surface area contributed by atoms with E-state index in [-0.39, 0.29) is 6.37 Å². The quantitative estimate of drug-likeness (QED) is 0.149. The highest BCUT2D eigenvalue weighted by atomic mass is 127. The summed E-state index contributed by atoms with van der Waals surface area (Å²) in [5, 5.41) is 4.71. The number of aromatic nitrogens is 2. The van der Waals surface area contributed by atoms with Crippen molar-refractivity contribution in [1.82, 2.24) is 19.2 Å². The molecule has 1 atom stereocenters. The molecule has 1 unspecified atom stereocenters. The van der Waals surface area contributed by atoms with Crippen LogP contribution in [0.5, 0.6) is 0 Å². The van der Waals surface area contributed by atoms with Gasteiger partial charge in [-0.25, -0.2) is 9.76 Å². The van der Waals surface area contributed by atoms with Gasteiger partial charge in [0.05, 0.1) is 42.4 Å². The highest BCUT2D eigenvalue weighted by molar-refractivity contribution is 14.2. The van der Waals surface area contributed by atoms with Gasteiger partial charge in [-0.2, -0.15) is 18.3 Å². The Labute approximate surface area is 197 Å². The lowest BCUT2D eigenvalue weighted by molar-refractivity contribution is -0.137. The second-order valence-corrected chi connectivity index (χ2v) is 9.47. The third-order valence-corrected chi connectivity index (χ3v) is 6.88. The van der Waals surface area contributed by atoms with Crippen LogP contribution in [0.1, 0.15) is 29.4 Å². The molecule has 1 aromatic carbocycles. The molecule has 166 valence electrons. The molecule has 3 rings (SSSR count). The molecule has 31 heavy (non-hydrogen) atoms. The van der Waals surface area contributed by atoms with Crippen LogP contribution in [0.25, 0.3) is 0 Å². The van der Waals surface area contributed by atoms with Crippen LogP contribution < -0.4 is 0 Å². The Hall–Kier alpha value is -1.65. The van der Waals surface area contributed by atoms with Gasteiger partial charge in [-0.3, -0.25) is 4.79 Å². The zero-order valence-corrected chi connectivity index (χ0v) is 20.3. The second kappa shape index (κ2) is 10.3. The van der Waals surface area contributed by atoms with E-state index in [1.54, 1.807) is 19.5 Å². The first-order chi connectivity index (χ1) is 14.7. The summed E-state index contributed by atoms with van der Waals surface area (Å²) in [4.78, 5) is 17.5. The molecular formula is C19H19ClF3IN5OP. The van der Waals surface area contributed by atoms with Crippen LogP contribution in [-0.2, 0) is 30.5 Å². The molecule has 0 fully saturated rings. The fourth-order valence-electron chi connectivity index (χ4n) is 3.28. The zero-order valence-electron chi connectivity index (χ0n) is 16.4. The summed E-state index contributed by atoms with van der Waals surface area (Å²) in [7, 11) is 0. The Morgan fingerprint density at radius 1 is 1.39 bits per heavy atom. The monoisotopic (exact) mass is 583 g/mol. The van der Waals surface area contributed by atoms with Crippen molar-refractivity contribution >= 4 is 52.6 Å². The summed E-state index contributed by atoms with van der Waals surface area (Å²) in [6.45, 7) is 3.41. The summed E-state index contributed by atoms with van der Waals surface area (Å²) in [5.74, 6) is 0. The Bertz CT molecular complexity index is 989. The number of amides is 1. The van der Waals surface area contributed by atoms with Gasteiger partial charge in [0, 0.05) is 30.2 Å². The Balaban J connectivity index is 1.74. The Morgan fingerprint density at radius 3 is 2.68 bits per heavy atom. The summed E-state index contributed by atoms with van der Waals surface area (Å²) >= 11 is 8.33. The average molecular weight is 584 g/mol. The number of allylic oxidation sites excluding steroid dienone is 2. The van der Waals surface area contributed by atoms with Crippen molar-refractivity contribution in [3.63, 3.8) is 0 Å². The van der Waals surface area contributed by atoms with Gasteiger partial charge >= 0.3 is 6.18 Å². The fourth-order valence-corrected chi connectivity index (χ4v) is 4.31. The normalized spacial score (nSPS) is 15.5. The van der Waals surface area contributed by atoms with Gasteiger partial charge in [-0.05, 0) is 46.7 Å². The number of hydrogen-bond acceptors (Lipinski definition) is 4. The first-order valence-corrected chi connectivity index (χ1v) is 13.6. The zero-order chi connectivity index (χ0) is 22.6. The summed E-state index contributed by atoms with van der Waals surface area (Å²) in [5.41, 5.74) is 2.75. The SMILES string of the molecule is C/C(Cl)=C(\C=N/N(C=O)PI)N1CCc2c(ncn2Cc2ccc(C(F)(F)F)cc2)C1. The molecule has 6 nitrogen and oxygen atoms in total. The first-order valence-electron chi connectivity index (χ1n) is 9.18. The van der Waals surface area contributed by atoms with E-state index in [9.17, 15) is 18.0 Å². The minimum Gasteiger partial charge on any atom is -0.363 e. The van der Waals surface area contributed by atoms with Gasteiger partial charge in [0.1, 0.15) is 0 Å². The molecule has 0 bridgehead atoms. The molecule has 0 saturated carbocycles. The maximum atomic E-state index is 12.8. The summed E-state index contributed by atoms with van der Waals surface area (Å²) in [6.07, 6.45) is 0.476. The van der Waals surface area contributed by atoms with Crippen LogP contribution in [0.4, 0.5) is 13.2 Å². The molecular weight excluding hydrogens is 565 g/mol.